The van der Waals surface area contributed by atoms with Gasteiger partial charge in [0.25, 0.3) is 0 Å². The molecule has 0 aliphatic carbocycles. The molecule has 0 unspecified atom stereocenters. The van der Waals surface area contributed by atoms with E-state index in [0.717, 1.165) is 45.5 Å². The van der Waals surface area contributed by atoms with Crippen molar-refractivity contribution in [1.29, 1.82) is 0 Å². The van der Waals surface area contributed by atoms with Crippen LogP contribution in [0.5, 0.6) is 0 Å². The Balaban J connectivity index is 0.962. The summed E-state index contributed by atoms with van der Waals surface area (Å²) in [4.78, 5) is 12.8. The van der Waals surface area contributed by atoms with Crippen molar-refractivity contribution in [2.45, 2.75) is 15.7 Å². The molecule has 0 saturated heterocycles. The molecule has 13 aromatic rings. The van der Waals surface area contributed by atoms with Crippen molar-refractivity contribution in [3.05, 3.63) is 326 Å². The Morgan fingerprint density at radius 1 is 0.307 bits per heavy atom. The summed E-state index contributed by atoms with van der Waals surface area (Å²) in [5.74, 6) is -0.0101. The van der Waals surface area contributed by atoms with Crippen molar-refractivity contribution in [1.82, 2.24) is 0 Å². The zero-order valence-electron chi connectivity index (χ0n) is 47.7. The number of hydrogen-bond acceptors (Lipinski definition) is 5. The molecule has 5 heterocycles. The van der Waals surface area contributed by atoms with Gasteiger partial charge in [-0.05, 0) is 0 Å². The van der Waals surface area contributed by atoms with Crippen LogP contribution in [0.25, 0.3) is 0 Å². The van der Waals surface area contributed by atoms with E-state index < -0.39 is 0 Å². The minimum atomic E-state index is -0.159. The number of hydrogen-bond donors (Lipinski definition) is 0. The van der Waals surface area contributed by atoms with Crippen molar-refractivity contribution in [2.24, 2.45) is 0 Å². The van der Waals surface area contributed by atoms with E-state index in [4.69, 9.17) is 0 Å². The first-order valence-electron chi connectivity index (χ1n) is 30.2. The summed E-state index contributed by atoms with van der Waals surface area (Å²) in [6.07, 6.45) is 0. The van der Waals surface area contributed by atoms with E-state index in [1.54, 1.807) is 0 Å². The Kier molecular flexibility index (Phi) is 12.5. The molecular weight excluding hydrogens is 1220 g/mol. The van der Waals surface area contributed by atoms with Gasteiger partial charge in [0.2, 0.25) is 0 Å². The third-order valence-corrected chi connectivity index (χ3v) is 24.5. The van der Waals surface area contributed by atoms with Gasteiger partial charge < -0.3 is 0 Å². The molecule has 88 heavy (non-hydrogen) atoms. The zero-order valence-corrected chi connectivity index (χ0v) is 51.9. The predicted molar refractivity (Wildman–Crippen MR) is 375 cm³/mol. The number of anilines is 12. The van der Waals surface area contributed by atoms with Crippen LogP contribution in [0.3, 0.4) is 0 Å². The van der Waals surface area contributed by atoms with Gasteiger partial charge in [0, 0.05) is 0 Å². The normalized spacial score (nSPS) is 13.6. The van der Waals surface area contributed by atoms with Crippen LogP contribution in [-0.4, -0.2) is 43.3 Å². The average molecular weight is 1270 g/mol. The second kappa shape index (κ2) is 21.2. The summed E-state index contributed by atoms with van der Waals surface area (Å²) in [7, 11) is 0. The standard InChI is InChI=1S/C79H52B2N4SSe2/c1-7-27-52(28-8-1)82(53-29-9-2-10-30-53)58-47-68-76-72(49-58)87-78-64(80(76)62-41-21-23-43-66(62)84(68)56-35-15-5-16-36-56)51-65-79(75(78)74-60-39-19-25-45-70(60)86-71-46-26-20-40-61(71)74)88-73-50-59(83(54-31-11-3-12-32-54)55-33-13-4-14-34-55)48-69-77(73)81(65)63-42-22-24-44-67(63)85(69)57-37-17-6-18-38-57/h1-51,74H. The molecule has 0 bridgehead atoms. The molecule has 412 valence electrons. The van der Waals surface area contributed by atoms with Gasteiger partial charge in [-0.15, -0.1) is 0 Å². The van der Waals surface area contributed by atoms with Crippen molar-refractivity contribution in [2.75, 3.05) is 19.6 Å². The first-order valence-corrected chi connectivity index (χ1v) is 34.4. The van der Waals surface area contributed by atoms with Gasteiger partial charge in [0.05, 0.1) is 0 Å². The molecule has 0 atom stereocenters. The second-order valence-corrected chi connectivity index (χ2v) is 28.5. The van der Waals surface area contributed by atoms with E-state index in [-0.39, 0.29) is 49.3 Å². The van der Waals surface area contributed by atoms with Crippen LogP contribution in [-0.2, 0) is 0 Å². The Labute approximate surface area is 531 Å². The molecule has 9 heteroatoms. The number of para-hydroxylation sites is 8. The van der Waals surface area contributed by atoms with Crippen molar-refractivity contribution >= 4 is 174 Å². The zero-order chi connectivity index (χ0) is 57.8. The SMILES string of the molecule is c1ccc(N(c2ccccc2)c2cc3c4c(c2)N(c2ccccc2)c2ccccc2B4c2cc4c(c(C5c6ccccc6Sc6ccccc65)c2[Se]3)[Se]c2cc(N(c3ccccc3)c3ccccc3)cc3c2B4c2ccccc2N3c2ccccc2)cc1. The Morgan fingerprint density at radius 2 is 0.648 bits per heavy atom. The van der Waals surface area contributed by atoms with Crippen LogP contribution in [0.15, 0.2) is 319 Å². The first kappa shape index (κ1) is 51.8. The van der Waals surface area contributed by atoms with E-state index in [2.05, 4.69) is 329 Å². The van der Waals surface area contributed by atoms with Crippen molar-refractivity contribution in [3.8, 4) is 0 Å². The molecule has 5 aliphatic rings. The maximum atomic E-state index is 2.77. The third-order valence-electron chi connectivity index (χ3n) is 18.2. The first-order chi connectivity index (χ1) is 43.7. The van der Waals surface area contributed by atoms with Crippen LogP contribution < -0.4 is 70.2 Å². The van der Waals surface area contributed by atoms with Crippen molar-refractivity contribution < 1.29 is 0 Å². The summed E-state index contributed by atoms with van der Waals surface area (Å²) in [6.45, 7) is -0.0909. The number of benzene rings is 13. The van der Waals surface area contributed by atoms with Gasteiger partial charge in [-0.25, -0.2) is 0 Å². The summed E-state index contributed by atoms with van der Waals surface area (Å²) in [6, 6.07) is 116. The molecule has 5 aliphatic heterocycles. The fourth-order valence-corrected chi connectivity index (χ4v) is 21.8. The van der Waals surface area contributed by atoms with Gasteiger partial charge in [0.1, 0.15) is 0 Å². The van der Waals surface area contributed by atoms with Gasteiger partial charge in [-0.3, -0.25) is 0 Å². The molecular formula is C79H52B2N4SSe2. The Morgan fingerprint density at radius 3 is 1.05 bits per heavy atom. The summed E-state index contributed by atoms with van der Waals surface area (Å²) >= 11 is 1.62. The van der Waals surface area contributed by atoms with Crippen LogP contribution in [0.4, 0.5) is 68.2 Å². The average Bonchev–Trinajstić information content (AvgIpc) is 0.744. The summed E-state index contributed by atoms with van der Waals surface area (Å²) in [5, 5.41) is 0. The molecule has 0 saturated carbocycles. The van der Waals surface area contributed by atoms with E-state index >= 15 is 0 Å². The van der Waals surface area contributed by atoms with Gasteiger partial charge in [-0.1, -0.05) is 0 Å². The summed E-state index contributed by atoms with van der Waals surface area (Å²) < 4.78 is 5.89. The van der Waals surface area contributed by atoms with E-state index in [1.807, 2.05) is 11.8 Å². The molecule has 0 radical (unpaired) electrons. The summed E-state index contributed by atoms with van der Waals surface area (Å²) in [5.41, 5.74) is 26.8. The molecule has 0 fully saturated rings. The molecule has 18 rings (SSSR count). The quantitative estimate of drug-likeness (QED) is 0.133. The monoisotopic (exact) mass is 1270 g/mol. The van der Waals surface area contributed by atoms with Gasteiger partial charge >= 0.3 is 535 Å². The van der Waals surface area contributed by atoms with Crippen molar-refractivity contribution in [3.63, 3.8) is 0 Å². The predicted octanol–water partition coefficient (Wildman–Crippen LogP) is 12.8. The van der Waals surface area contributed by atoms with Crippen LogP contribution in [0.1, 0.15) is 22.6 Å². The molecule has 0 spiro atoms. The Bertz CT molecular complexity index is 4510. The molecule has 0 aromatic heterocycles. The van der Waals surface area contributed by atoms with Crippen LogP contribution in [0, 0.1) is 0 Å². The topological polar surface area (TPSA) is 13.0 Å². The number of rotatable bonds is 9. The van der Waals surface area contributed by atoms with E-state index in [9.17, 15) is 0 Å². The van der Waals surface area contributed by atoms with Crippen LogP contribution in [0.2, 0.25) is 0 Å². The molecule has 13 aromatic carbocycles. The van der Waals surface area contributed by atoms with E-state index in [0.29, 0.717) is 0 Å². The van der Waals surface area contributed by atoms with Gasteiger partial charge in [0.15, 0.2) is 0 Å². The fourth-order valence-electron chi connectivity index (χ4n) is 14.6. The fraction of sp³-hybridized carbons (Fsp3) is 0.0127. The minimum absolute atomic E-state index is 0.0101. The molecule has 0 N–H and O–H groups in total. The Hall–Kier alpha value is -9.42. The van der Waals surface area contributed by atoms with E-state index in [1.165, 1.54) is 99.9 Å². The molecule has 4 nitrogen and oxygen atoms in total. The van der Waals surface area contributed by atoms with Crippen LogP contribution >= 0.6 is 11.8 Å². The maximum absolute atomic E-state index is 2.77. The number of nitrogens with zero attached hydrogens (tertiary/aromatic N) is 4. The second-order valence-electron chi connectivity index (χ2n) is 23.0. The third kappa shape index (κ3) is 8.23. The van der Waals surface area contributed by atoms with Gasteiger partial charge in [-0.2, -0.15) is 0 Å². The number of fused-ring (bicyclic) bond motifs is 10. The molecule has 0 amide bonds.